The number of non-ortho nitro benzene ring substituents is 2. The van der Waals surface area contributed by atoms with Crippen LogP contribution in [-0.2, 0) is 0 Å². The van der Waals surface area contributed by atoms with Crippen LogP contribution in [-0.4, -0.2) is 9.85 Å². The molecule has 0 radical (unpaired) electrons. The van der Waals surface area contributed by atoms with E-state index < -0.39 is 9.85 Å². The fourth-order valence-corrected chi connectivity index (χ4v) is 9.49. The van der Waals surface area contributed by atoms with Crippen LogP contribution in [0.25, 0.3) is 67.4 Å². The molecule has 11 aromatic rings. The zero-order chi connectivity index (χ0) is 47.6. The van der Waals surface area contributed by atoms with Gasteiger partial charge < -0.3 is 9.80 Å². The van der Waals surface area contributed by atoms with Gasteiger partial charge in [0.2, 0.25) is 0 Å². The lowest BCUT2D eigenvalue weighted by atomic mass is 9.95. The summed E-state index contributed by atoms with van der Waals surface area (Å²) >= 11 is 0. The summed E-state index contributed by atoms with van der Waals surface area (Å²) in [6.45, 7) is 0. The van der Waals surface area contributed by atoms with Crippen molar-refractivity contribution in [3.63, 3.8) is 0 Å². The molecule has 334 valence electrons. The van der Waals surface area contributed by atoms with E-state index in [9.17, 15) is 20.2 Å². The number of nitro groups is 2. The van der Waals surface area contributed by atoms with Gasteiger partial charge in [-0.3, -0.25) is 20.2 Å². The number of nitrogens with zero attached hydrogens (tertiary/aromatic N) is 4. The molecular weight excluding hydrogens is 865 g/mol. The molecule has 0 aliphatic carbocycles. The van der Waals surface area contributed by atoms with Crippen molar-refractivity contribution in [3.05, 3.63) is 273 Å². The number of fused-ring (bicyclic) bond motifs is 4. The van der Waals surface area contributed by atoms with Gasteiger partial charge >= 0.3 is 0 Å². The lowest BCUT2D eigenvalue weighted by Gasteiger charge is -2.27. The second-order valence-corrected chi connectivity index (χ2v) is 17.0. The summed E-state index contributed by atoms with van der Waals surface area (Å²) < 4.78 is 0. The third-order valence-corrected chi connectivity index (χ3v) is 12.8. The fraction of sp³-hybridized carbons (Fsp3) is 0. The minimum absolute atomic E-state index is 0.176. The van der Waals surface area contributed by atoms with E-state index in [2.05, 4.69) is 131 Å². The Bertz CT molecular complexity index is 3570. The van der Waals surface area contributed by atoms with Crippen molar-refractivity contribution >= 4 is 113 Å². The molecular formula is C62H42N4O4. The molecule has 0 fully saturated rings. The molecule has 0 heterocycles. The average molecular weight is 907 g/mol. The molecule has 0 aliphatic heterocycles. The highest BCUT2D eigenvalue weighted by atomic mass is 16.6. The summed E-state index contributed by atoms with van der Waals surface area (Å²) in [6, 6.07) is 76.3. The van der Waals surface area contributed by atoms with Gasteiger partial charge in [-0.25, -0.2) is 0 Å². The van der Waals surface area contributed by atoms with E-state index in [4.69, 9.17) is 0 Å². The SMILES string of the molecule is O=[N+]([O-])c1c2ccc(/C=C/c3ccc(N(c4ccccc4)c4cccc5ccccc45)cc3)cc2c([N+](=O)[O-])c2ccc(/C=C/c3ccc(N(c4ccccc4)c4cccc5ccccc45)cc3)cc12. The van der Waals surface area contributed by atoms with Gasteiger partial charge in [0.1, 0.15) is 0 Å². The molecule has 0 amide bonds. The van der Waals surface area contributed by atoms with E-state index in [1.807, 2.05) is 97.1 Å². The monoisotopic (exact) mass is 906 g/mol. The zero-order valence-electron chi connectivity index (χ0n) is 37.7. The lowest BCUT2D eigenvalue weighted by molar-refractivity contribution is -0.384. The Kier molecular flexibility index (Phi) is 11.4. The number of hydrogen-bond acceptors (Lipinski definition) is 6. The van der Waals surface area contributed by atoms with Gasteiger partial charge in [0.25, 0.3) is 11.4 Å². The predicted molar refractivity (Wildman–Crippen MR) is 290 cm³/mol. The minimum Gasteiger partial charge on any atom is -0.310 e. The Labute approximate surface area is 403 Å². The fourth-order valence-electron chi connectivity index (χ4n) is 9.49. The Hall–Kier alpha value is -9.66. The van der Waals surface area contributed by atoms with E-state index >= 15 is 0 Å². The van der Waals surface area contributed by atoms with E-state index in [1.165, 1.54) is 0 Å². The number of rotatable bonds is 12. The van der Waals surface area contributed by atoms with Gasteiger partial charge in [-0.15, -0.1) is 0 Å². The largest absolute Gasteiger partial charge is 0.310 e. The van der Waals surface area contributed by atoms with Crippen molar-refractivity contribution in [1.29, 1.82) is 0 Å². The summed E-state index contributed by atoms with van der Waals surface area (Å²) in [4.78, 5) is 29.3. The van der Waals surface area contributed by atoms with E-state index in [-0.39, 0.29) is 32.9 Å². The maximum Gasteiger partial charge on any atom is 0.285 e. The molecule has 0 unspecified atom stereocenters. The summed E-state index contributed by atoms with van der Waals surface area (Å²) in [6.07, 6.45) is 7.62. The highest BCUT2D eigenvalue weighted by Crippen LogP contribution is 2.44. The Balaban J connectivity index is 0.888. The number of para-hydroxylation sites is 2. The number of hydrogen-bond donors (Lipinski definition) is 0. The normalized spacial score (nSPS) is 11.5. The molecule has 0 bridgehead atoms. The summed E-state index contributed by atoms with van der Waals surface area (Å²) in [5.41, 5.74) is 8.97. The van der Waals surface area contributed by atoms with Gasteiger partial charge in [-0.05, 0) is 118 Å². The van der Waals surface area contributed by atoms with Crippen molar-refractivity contribution in [2.75, 3.05) is 9.80 Å². The molecule has 0 aromatic heterocycles. The first kappa shape index (κ1) is 42.9. The zero-order valence-corrected chi connectivity index (χ0v) is 37.7. The quantitative estimate of drug-likeness (QED) is 0.0525. The first-order valence-electron chi connectivity index (χ1n) is 22.9. The van der Waals surface area contributed by atoms with Gasteiger partial charge in [-0.1, -0.05) is 170 Å². The van der Waals surface area contributed by atoms with Crippen LogP contribution in [0, 0.1) is 20.2 Å². The van der Waals surface area contributed by atoms with Crippen LogP contribution in [0.15, 0.2) is 231 Å². The van der Waals surface area contributed by atoms with Crippen LogP contribution in [0.1, 0.15) is 22.3 Å². The van der Waals surface area contributed by atoms with Gasteiger partial charge in [0.05, 0.1) is 42.8 Å². The van der Waals surface area contributed by atoms with Crippen molar-refractivity contribution in [2.24, 2.45) is 0 Å². The Morgan fingerprint density at radius 1 is 0.300 bits per heavy atom. The molecule has 70 heavy (non-hydrogen) atoms. The molecule has 0 aliphatic rings. The standard InChI is InChI=1S/C62H42N4O4/c67-65(68)61-56-40-34-46(28-26-44-31-37-52(38-32-44)64(50-19-5-2-6-20-50)60-24-12-16-48-14-8-10-22-54(48)60)42-58(56)62(66(69)70)55-39-33-45(41-57(55)61)27-25-43-29-35-51(36-30-43)63(49-17-3-1-4-18-49)59-23-11-15-47-13-7-9-21-53(47)59/h1-42H/b27-25+,28-26+. The molecule has 0 saturated carbocycles. The number of nitro benzene ring substituents is 2. The van der Waals surface area contributed by atoms with Crippen molar-refractivity contribution < 1.29 is 9.85 Å². The lowest BCUT2D eigenvalue weighted by Crippen LogP contribution is -2.10. The van der Waals surface area contributed by atoms with Crippen LogP contribution in [0.2, 0.25) is 0 Å². The smallest absolute Gasteiger partial charge is 0.285 e. The maximum atomic E-state index is 12.9. The predicted octanol–water partition coefficient (Wildman–Crippen LogP) is 17.4. The second-order valence-electron chi connectivity index (χ2n) is 17.0. The molecule has 8 heteroatoms. The number of anilines is 6. The van der Waals surface area contributed by atoms with Crippen LogP contribution >= 0.6 is 0 Å². The highest BCUT2D eigenvalue weighted by molar-refractivity contribution is 6.16. The minimum atomic E-state index is -0.441. The van der Waals surface area contributed by atoms with Crippen molar-refractivity contribution in [2.45, 2.75) is 0 Å². The van der Waals surface area contributed by atoms with Crippen molar-refractivity contribution in [1.82, 2.24) is 0 Å². The van der Waals surface area contributed by atoms with E-state index in [1.54, 1.807) is 36.4 Å². The number of benzene rings is 11. The van der Waals surface area contributed by atoms with E-state index in [0.717, 1.165) is 66.8 Å². The van der Waals surface area contributed by atoms with E-state index in [0.29, 0.717) is 11.1 Å². The van der Waals surface area contributed by atoms with Crippen LogP contribution in [0.3, 0.4) is 0 Å². The van der Waals surface area contributed by atoms with Crippen LogP contribution in [0.5, 0.6) is 0 Å². The first-order valence-corrected chi connectivity index (χ1v) is 22.9. The molecule has 0 spiro atoms. The van der Waals surface area contributed by atoms with Gasteiger partial charge in [0, 0.05) is 33.5 Å². The summed E-state index contributed by atoms with van der Waals surface area (Å²) in [5, 5.41) is 31.1. The maximum absolute atomic E-state index is 12.9. The second kappa shape index (κ2) is 18.6. The highest BCUT2D eigenvalue weighted by Gasteiger charge is 2.28. The Morgan fingerprint density at radius 2 is 0.629 bits per heavy atom. The van der Waals surface area contributed by atoms with Crippen LogP contribution in [0.4, 0.5) is 45.5 Å². The Morgan fingerprint density at radius 3 is 1.03 bits per heavy atom. The average Bonchev–Trinajstić information content (AvgIpc) is 3.40. The molecule has 8 nitrogen and oxygen atoms in total. The molecule has 11 rings (SSSR count). The first-order chi connectivity index (χ1) is 34.4. The topological polar surface area (TPSA) is 92.8 Å². The van der Waals surface area contributed by atoms with Crippen molar-refractivity contribution in [3.8, 4) is 0 Å². The molecule has 0 N–H and O–H groups in total. The molecule has 0 atom stereocenters. The molecule has 11 aromatic carbocycles. The third kappa shape index (κ3) is 8.27. The van der Waals surface area contributed by atoms with Crippen LogP contribution < -0.4 is 9.80 Å². The third-order valence-electron chi connectivity index (χ3n) is 12.8. The summed E-state index contributed by atoms with van der Waals surface area (Å²) in [5.74, 6) is 0. The molecule has 0 saturated heterocycles. The van der Waals surface area contributed by atoms with Gasteiger partial charge in [0.15, 0.2) is 0 Å². The summed E-state index contributed by atoms with van der Waals surface area (Å²) in [7, 11) is 0. The van der Waals surface area contributed by atoms with Gasteiger partial charge in [-0.2, -0.15) is 0 Å².